The van der Waals surface area contributed by atoms with Crippen LogP contribution in [0.15, 0.2) is 16.6 Å². The molecule has 1 aliphatic rings. The maximum atomic E-state index is 12.9. The average Bonchev–Trinajstić information content (AvgIpc) is 3.53. The van der Waals surface area contributed by atoms with E-state index in [1.165, 1.54) is 32.9 Å². The molecule has 0 saturated heterocycles. The van der Waals surface area contributed by atoms with Gasteiger partial charge in [0.15, 0.2) is 11.0 Å². The molecule has 0 radical (unpaired) electrons. The molecule has 1 amide bonds. The minimum atomic E-state index is -0.351. The summed E-state index contributed by atoms with van der Waals surface area (Å²) in [4.78, 5) is 28.1. The molecule has 3 heterocycles. The molecule has 0 aromatic carbocycles. The molecule has 0 fully saturated rings. The molecule has 3 aromatic heterocycles. The fourth-order valence-electron chi connectivity index (χ4n) is 4.18. The molecule has 0 spiro atoms. The summed E-state index contributed by atoms with van der Waals surface area (Å²) in [6.45, 7) is 10.6. The Labute approximate surface area is 218 Å². The Kier molecular flexibility index (Phi) is 8.34. The highest BCUT2D eigenvalue weighted by Crippen LogP contribution is 2.39. The van der Waals surface area contributed by atoms with Crippen molar-refractivity contribution in [3.63, 3.8) is 0 Å². The van der Waals surface area contributed by atoms with Gasteiger partial charge in [-0.05, 0) is 64.0 Å². The molecule has 0 saturated carbocycles. The van der Waals surface area contributed by atoms with E-state index in [1.54, 1.807) is 18.3 Å². The van der Waals surface area contributed by atoms with Crippen LogP contribution in [0.3, 0.4) is 0 Å². The summed E-state index contributed by atoms with van der Waals surface area (Å²) >= 11 is 4.60. The zero-order chi connectivity index (χ0) is 25.1. The van der Waals surface area contributed by atoms with E-state index in [1.807, 2.05) is 0 Å². The molecule has 0 aliphatic heterocycles. The van der Waals surface area contributed by atoms with Gasteiger partial charge in [0.25, 0.3) is 0 Å². The first-order valence-electron chi connectivity index (χ1n) is 12.1. The van der Waals surface area contributed by atoms with Crippen LogP contribution in [0.2, 0.25) is 0 Å². The van der Waals surface area contributed by atoms with Gasteiger partial charge in [0.1, 0.15) is 5.00 Å². The van der Waals surface area contributed by atoms with Crippen LogP contribution in [-0.2, 0) is 22.4 Å². The lowest BCUT2D eigenvalue weighted by atomic mass is 9.95. The maximum Gasteiger partial charge on any atom is 0.341 e. The smallest absolute Gasteiger partial charge is 0.341 e. The van der Waals surface area contributed by atoms with Crippen LogP contribution in [0, 0.1) is 0 Å². The predicted octanol–water partition coefficient (Wildman–Crippen LogP) is 6.56. The summed E-state index contributed by atoms with van der Waals surface area (Å²) in [6.07, 6.45) is 3.95. The molecule has 3 aromatic rings. The van der Waals surface area contributed by atoms with Gasteiger partial charge < -0.3 is 10.1 Å². The minimum absolute atomic E-state index is 0.146. The summed E-state index contributed by atoms with van der Waals surface area (Å²) in [5.41, 5.74) is 2.64. The monoisotopic (exact) mass is 532 g/mol. The van der Waals surface area contributed by atoms with Gasteiger partial charge in [-0.1, -0.05) is 25.6 Å². The molecule has 4 rings (SSSR count). The Balaban J connectivity index is 1.50. The Morgan fingerprint density at radius 2 is 1.97 bits per heavy atom. The van der Waals surface area contributed by atoms with E-state index in [9.17, 15) is 9.59 Å². The third kappa shape index (κ3) is 5.65. The highest BCUT2D eigenvalue weighted by Gasteiger charge is 2.27. The van der Waals surface area contributed by atoms with Crippen molar-refractivity contribution in [3.05, 3.63) is 32.3 Å². The van der Waals surface area contributed by atoms with Crippen LogP contribution in [0.25, 0.3) is 11.4 Å². The fraction of sp³-hybridized carbons (Fsp3) is 0.520. The number of thiophene rings is 2. The zero-order valence-corrected chi connectivity index (χ0v) is 23.3. The molecule has 7 nitrogen and oxygen atoms in total. The van der Waals surface area contributed by atoms with Crippen molar-refractivity contribution in [1.29, 1.82) is 0 Å². The summed E-state index contributed by atoms with van der Waals surface area (Å²) < 4.78 is 7.38. The number of nitrogens with zero attached hydrogens (tertiary/aromatic N) is 3. The third-order valence-corrected chi connectivity index (χ3v) is 9.25. The topological polar surface area (TPSA) is 86.1 Å². The first-order chi connectivity index (χ1) is 16.8. The van der Waals surface area contributed by atoms with Crippen molar-refractivity contribution in [2.45, 2.75) is 77.4 Å². The SMILES string of the molecule is CCOC(=O)c1c(NC(=O)CSc2nnc(-c3csc(C(C)C)c3)n2C(C)C)sc2c1CCCC2. The van der Waals surface area contributed by atoms with Crippen LogP contribution in [0.1, 0.15) is 85.1 Å². The number of nitrogens with one attached hydrogen (secondary N) is 1. The molecule has 188 valence electrons. The lowest BCUT2D eigenvalue weighted by Crippen LogP contribution is -2.17. The van der Waals surface area contributed by atoms with Crippen LogP contribution < -0.4 is 5.32 Å². The second-order valence-electron chi connectivity index (χ2n) is 9.13. The number of carbonyl (C=O) groups excluding carboxylic acids is 2. The van der Waals surface area contributed by atoms with Crippen LogP contribution in [0.5, 0.6) is 0 Å². The van der Waals surface area contributed by atoms with Gasteiger partial charge >= 0.3 is 5.97 Å². The van der Waals surface area contributed by atoms with Gasteiger partial charge in [0, 0.05) is 26.7 Å². The molecular weight excluding hydrogens is 501 g/mol. The largest absolute Gasteiger partial charge is 0.462 e. The van der Waals surface area contributed by atoms with Gasteiger partial charge in [-0.15, -0.1) is 32.9 Å². The fourth-order valence-corrected chi connectivity index (χ4v) is 7.24. The van der Waals surface area contributed by atoms with E-state index in [2.05, 4.69) is 59.2 Å². The number of aryl methyl sites for hydroxylation is 1. The third-order valence-electron chi connectivity index (χ3n) is 5.86. The standard InChI is InChI=1S/C25H32N4O3S3/c1-6-32-24(31)21-17-9-7-8-10-18(17)35-23(21)26-20(30)13-34-25-28-27-22(29(25)15(4)5)16-11-19(14(2)3)33-12-16/h11-12,14-15H,6-10,13H2,1-5H3,(H,26,30). The number of esters is 1. The van der Waals surface area contributed by atoms with Gasteiger partial charge in [-0.3, -0.25) is 9.36 Å². The Morgan fingerprint density at radius 1 is 1.20 bits per heavy atom. The van der Waals surface area contributed by atoms with E-state index in [0.717, 1.165) is 42.6 Å². The number of amides is 1. The molecular formula is C25H32N4O3S3. The van der Waals surface area contributed by atoms with Gasteiger partial charge in [-0.25, -0.2) is 4.79 Å². The quantitative estimate of drug-likeness (QED) is 0.248. The van der Waals surface area contributed by atoms with E-state index in [4.69, 9.17) is 4.74 Å². The molecule has 0 bridgehead atoms. The number of thioether (sulfide) groups is 1. The Bertz CT molecular complexity index is 1210. The first kappa shape index (κ1) is 25.9. The van der Waals surface area contributed by atoms with Crippen molar-refractivity contribution < 1.29 is 14.3 Å². The lowest BCUT2D eigenvalue weighted by Gasteiger charge is -2.13. The molecule has 0 atom stereocenters. The summed E-state index contributed by atoms with van der Waals surface area (Å²) in [7, 11) is 0. The van der Waals surface area contributed by atoms with E-state index in [0.29, 0.717) is 28.2 Å². The number of ether oxygens (including phenoxy) is 1. The highest BCUT2D eigenvalue weighted by molar-refractivity contribution is 7.99. The predicted molar refractivity (Wildman–Crippen MR) is 144 cm³/mol. The Hall–Kier alpha value is -2.17. The van der Waals surface area contributed by atoms with E-state index in [-0.39, 0.29) is 23.7 Å². The summed E-state index contributed by atoms with van der Waals surface area (Å²) in [5.74, 6) is 0.939. The molecule has 0 unspecified atom stereocenters. The van der Waals surface area contributed by atoms with E-state index >= 15 is 0 Å². The average molecular weight is 533 g/mol. The second kappa shape index (κ2) is 11.3. The van der Waals surface area contributed by atoms with E-state index < -0.39 is 0 Å². The number of aromatic nitrogens is 3. The number of hydrogen-bond donors (Lipinski definition) is 1. The van der Waals surface area contributed by atoms with Crippen LogP contribution in [0.4, 0.5) is 5.00 Å². The number of fused-ring (bicyclic) bond motifs is 1. The van der Waals surface area contributed by atoms with Crippen molar-refractivity contribution in [2.24, 2.45) is 0 Å². The van der Waals surface area contributed by atoms with Crippen molar-refractivity contribution >= 4 is 51.3 Å². The second-order valence-corrected chi connectivity index (χ2v) is 12.1. The van der Waals surface area contributed by atoms with Crippen molar-refractivity contribution in [1.82, 2.24) is 14.8 Å². The number of anilines is 1. The van der Waals surface area contributed by atoms with Gasteiger partial charge in [-0.2, -0.15) is 0 Å². The highest BCUT2D eigenvalue weighted by atomic mass is 32.2. The summed E-state index contributed by atoms with van der Waals surface area (Å²) in [6, 6.07) is 2.32. The van der Waals surface area contributed by atoms with Gasteiger partial charge in [0.05, 0.1) is 17.9 Å². The number of carbonyl (C=O) groups is 2. The Morgan fingerprint density at radius 3 is 2.66 bits per heavy atom. The van der Waals surface area contributed by atoms with Crippen LogP contribution in [-0.4, -0.2) is 39.0 Å². The molecule has 10 heteroatoms. The number of hydrogen-bond acceptors (Lipinski definition) is 8. The normalized spacial score (nSPS) is 13.3. The molecule has 1 N–H and O–H groups in total. The maximum absolute atomic E-state index is 12.9. The zero-order valence-electron chi connectivity index (χ0n) is 20.8. The van der Waals surface area contributed by atoms with Gasteiger partial charge in [0.2, 0.25) is 5.91 Å². The lowest BCUT2D eigenvalue weighted by molar-refractivity contribution is -0.113. The summed E-state index contributed by atoms with van der Waals surface area (Å²) in [5, 5.41) is 15.3. The molecule has 35 heavy (non-hydrogen) atoms. The molecule has 1 aliphatic carbocycles. The first-order valence-corrected chi connectivity index (χ1v) is 14.8. The minimum Gasteiger partial charge on any atom is -0.462 e. The van der Waals surface area contributed by atoms with Crippen molar-refractivity contribution in [3.8, 4) is 11.4 Å². The number of rotatable bonds is 9. The van der Waals surface area contributed by atoms with Crippen LogP contribution >= 0.6 is 34.4 Å². The van der Waals surface area contributed by atoms with Crippen molar-refractivity contribution in [2.75, 3.05) is 17.7 Å².